The number of aryl methyl sites for hydroxylation is 2. The summed E-state index contributed by atoms with van der Waals surface area (Å²) >= 11 is 3.61. The lowest BCUT2D eigenvalue weighted by molar-refractivity contribution is -0.187. The molecule has 1 N–H and O–H groups in total. The van der Waals surface area contributed by atoms with Gasteiger partial charge in [-0.1, -0.05) is 62.5 Å². The fourth-order valence-corrected chi connectivity index (χ4v) is 6.97. The van der Waals surface area contributed by atoms with E-state index in [0.717, 1.165) is 86.2 Å². The molecule has 286 valence electrons. The zero-order valence-corrected chi connectivity index (χ0v) is 30.7. The van der Waals surface area contributed by atoms with Crippen LogP contribution in [0.15, 0.2) is 36.4 Å². The molecule has 2 aromatic rings. The quantitative estimate of drug-likeness (QED) is 0.220. The van der Waals surface area contributed by atoms with Gasteiger partial charge < -0.3 is 33.5 Å². The van der Waals surface area contributed by atoms with Gasteiger partial charge in [-0.25, -0.2) is 0 Å². The Kier molecular flexibility index (Phi) is 19.8. The summed E-state index contributed by atoms with van der Waals surface area (Å²) in [6, 6.07) is 11.5. The van der Waals surface area contributed by atoms with Crippen LogP contribution in [0.3, 0.4) is 0 Å². The third kappa shape index (κ3) is 13.2. The lowest BCUT2D eigenvalue weighted by Crippen LogP contribution is -2.36. The molecule has 2 spiro atoms. The number of benzene rings is 2. The fourth-order valence-electron chi connectivity index (χ4n) is 6.51. The molecule has 0 amide bonds. The van der Waals surface area contributed by atoms with E-state index < -0.39 is 6.10 Å². The smallest absolute Gasteiger partial charge is 0.168 e. The summed E-state index contributed by atoms with van der Waals surface area (Å²) in [7, 11) is 0. The first-order valence-electron chi connectivity index (χ1n) is 17.3. The van der Waals surface area contributed by atoms with Gasteiger partial charge in [0.05, 0.1) is 44.7 Å². The van der Waals surface area contributed by atoms with Crippen LogP contribution in [0, 0.1) is 19.8 Å². The number of hydrogen-bond donors (Lipinski definition) is 1. The molecule has 0 bridgehead atoms. The molecule has 1 unspecified atom stereocenters. The highest BCUT2D eigenvalue weighted by atomic mass is 79.9. The van der Waals surface area contributed by atoms with Crippen LogP contribution in [0.5, 0.6) is 11.5 Å². The van der Waals surface area contributed by atoms with E-state index in [9.17, 15) is 9.90 Å². The summed E-state index contributed by atoms with van der Waals surface area (Å²) in [6.45, 7) is 14.9. The Bertz CT molecular complexity index is 1250. The van der Waals surface area contributed by atoms with Gasteiger partial charge in [-0.05, 0) is 102 Å². The molecule has 2 aromatic carbocycles. The van der Waals surface area contributed by atoms with Gasteiger partial charge >= 0.3 is 0 Å². The van der Waals surface area contributed by atoms with Gasteiger partial charge in [0.15, 0.2) is 11.6 Å². The second kappa shape index (κ2) is 21.5. The van der Waals surface area contributed by atoms with Gasteiger partial charge in [-0.15, -0.1) is 0 Å². The first-order chi connectivity index (χ1) is 22.4. The monoisotopic (exact) mass is 766 g/mol. The largest absolute Gasteiger partial charge is 0.491 e. The molecule has 9 heteroatoms. The Balaban J connectivity index is 0.000000396. The molecule has 4 fully saturated rings. The number of carbonyl (C=O) groups excluding carboxylic acids is 1. The van der Waals surface area contributed by atoms with Crippen LogP contribution >= 0.6 is 15.9 Å². The van der Waals surface area contributed by atoms with E-state index >= 15 is 0 Å². The normalized spacial score (nSPS) is 21.0. The van der Waals surface area contributed by atoms with Crippen LogP contribution in [0.1, 0.15) is 134 Å². The highest BCUT2D eigenvalue weighted by Gasteiger charge is 2.42. The van der Waals surface area contributed by atoms with Crippen molar-refractivity contribution in [3.05, 3.63) is 58.7 Å². The average molecular weight is 768 g/mol. The standard InChI is InChI=1S/C19H28O4.C11H14O2.C8H13BrO2.3CH4/c1-13(2)23-17-12-16(5-4-14(17)3)18(20)15-6-8-19(9-7-15)21-10-11-22-19;1-8(2)13-11-6-10(7-12)5-4-9(11)3;9-7-1-3-8(4-2-7)10-5-6-11-8;;;/h4-5,12-13,15,18,20H,6-11H2,1-3H3;4-8H,1-3H3;7H,1-6H2;3*1H4. The maximum absolute atomic E-state index is 10.8. The maximum Gasteiger partial charge on any atom is 0.168 e. The van der Waals surface area contributed by atoms with Crippen LogP contribution in [0.25, 0.3) is 0 Å². The average Bonchev–Trinajstić information content (AvgIpc) is 3.71. The molecule has 50 heavy (non-hydrogen) atoms. The summed E-state index contributed by atoms with van der Waals surface area (Å²) in [6.07, 6.45) is 8.71. The van der Waals surface area contributed by atoms with Crippen molar-refractivity contribution >= 4 is 22.2 Å². The zero-order chi connectivity index (χ0) is 34.0. The summed E-state index contributed by atoms with van der Waals surface area (Å²) in [5.74, 6) is 1.37. The Morgan fingerprint density at radius 1 is 0.720 bits per heavy atom. The van der Waals surface area contributed by atoms with Gasteiger partial charge in [-0.2, -0.15) is 0 Å². The summed E-state index contributed by atoms with van der Waals surface area (Å²) in [5, 5.41) is 10.8. The molecular formula is C41H67BrO8. The van der Waals surface area contributed by atoms with Crippen molar-refractivity contribution in [2.45, 2.75) is 150 Å². The number of alkyl halides is 1. The van der Waals surface area contributed by atoms with E-state index in [4.69, 9.17) is 28.4 Å². The van der Waals surface area contributed by atoms with Crippen LogP contribution in [-0.2, 0) is 18.9 Å². The predicted molar refractivity (Wildman–Crippen MR) is 207 cm³/mol. The molecule has 2 saturated carbocycles. The van der Waals surface area contributed by atoms with Crippen LogP contribution in [-0.4, -0.2) is 66.4 Å². The molecule has 8 nitrogen and oxygen atoms in total. The van der Waals surface area contributed by atoms with E-state index in [1.807, 2.05) is 65.8 Å². The number of aliphatic hydroxyl groups excluding tert-OH is 1. The molecule has 2 aliphatic heterocycles. The third-order valence-electron chi connectivity index (χ3n) is 9.17. The Labute approximate surface area is 312 Å². The molecule has 0 aromatic heterocycles. The Morgan fingerprint density at radius 2 is 1.14 bits per heavy atom. The second-order valence-electron chi connectivity index (χ2n) is 13.7. The van der Waals surface area contributed by atoms with Crippen molar-refractivity contribution < 1.29 is 38.3 Å². The molecular weight excluding hydrogens is 700 g/mol. The highest BCUT2D eigenvalue weighted by molar-refractivity contribution is 9.09. The van der Waals surface area contributed by atoms with Gasteiger partial charge in [0.1, 0.15) is 17.8 Å². The fraction of sp³-hybridized carbons (Fsp3) is 0.683. The van der Waals surface area contributed by atoms with Crippen LogP contribution in [0.4, 0.5) is 0 Å². The first kappa shape index (κ1) is 46.0. The topological polar surface area (TPSA) is 92.7 Å². The lowest BCUT2D eigenvalue weighted by Gasteiger charge is -2.37. The molecule has 4 aliphatic rings. The van der Waals surface area contributed by atoms with Crippen molar-refractivity contribution in [1.29, 1.82) is 0 Å². The van der Waals surface area contributed by atoms with Gasteiger partial charge in [0.2, 0.25) is 0 Å². The molecule has 2 aliphatic carbocycles. The number of ether oxygens (including phenoxy) is 6. The van der Waals surface area contributed by atoms with Gasteiger partial charge in [-0.3, -0.25) is 4.79 Å². The molecule has 0 radical (unpaired) electrons. The van der Waals surface area contributed by atoms with Crippen LogP contribution < -0.4 is 9.47 Å². The van der Waals surface area contributed by atoms with E-state index in [1.54, 1.807) is 12.1 Å². The number of carbonyl (C=O) groups is 1. The predicted octanol–water partition coefficient (Wildman–Crippen LogP) is 10.3. The number of rotatable bonds is 7. The minimum Gasteiger partial charge on any atom is -0.491 e. The SMILES string of the molecule is BrC1CCC2(CC1)OCCO2.C.C.C.Cc1ccc(C(O)C2CCC3(CC2)OCCO3)cc1OC(C)C.Cc1ccc(C=O)cc1OC(C)C. The van der Waals surface area contributed by atoms with Gasteiger partial charge in [0.25, 0.3) is 0 Å². The van der Waals surface area contributed by atoms with Crippen molar-refractivity contribution in [3.63, 3.8) is 0 Å². The first-order valence-corrected chi connectivity index (χ1v) is 18.2. The van der Waals surface area contributed by atoms with Crippen LogP contribution in [0.2, 0.25) is 0 Å². The van der Waals surface area contributed by atoms with Crippen molar-refractivity contribution in [1.82, 2.24) is 0 Å². The summed E-state index contributed by atoms with van der Waals surface area (Å²) < 4.78 is 34.1. The molecule has 2 heterocycles. The van der Waals surface area contributed by atoms with E-state index in [2.05, 4.69) is 15.9 Å². The molecule has 6 rings (SSSR count). The minimum atomic E-state index is -0.455. The van der Waals surface area contributed by atoms with E-state index in [-0.39, 0.29) is 52.0 Å². The Morgan fingerprint density at radius 3 is 1.58 bits per heavy atom. The number of halogens is 1. The highest BCUT2D eigenvalue weighted by Crippen LogP contribution is 2.43. The number of aldehydes is 1. The van der Waals surface area contributed by atoms with Crippen molar-refractivity contribution in [2.75, 3.05) is 26.4 Å². The second-order valence-corrected chi connectivity index (χ2v) is 15.0. The maximum atomic E-state index is 10.8. The lowest BCUT2D eigenvalue weighted by atomic mass is 9.80. The van der Waals surface area contributed by atoms with Crippen molar-refractivity contribution in [3.8, 4) is 11.5 Å². The number of hydrogen-bond acceptors (Lipinski definition) is 8. The van der Waals surface area contributed by atoms with E-state index in [0.29, 0.717) is 23.6 Å². The zero-order valence-electron chi connectivity index (χ0n) is 29.1. The van der Waals surface area contributed by atoms with Crippen molar-refractivity contribution in [2.24, 2.45) is 5.92 Å². The molecule has 1 atom stereocenters. The molecule has 2 saturated heterocycles. The van der Waals surface area contributed by atoms with E-state index in [1.165, 1.54) is 12.8 Å². The summed E-state index contributed by atoms with van der Waals surface area (Å²) in [4.78, 5) is 11.2. The summed E-state index contributed by atoms with van der Waals surface area (Å²) in [5.41, 5.74) is 3.76. The van der Waals surface area contributed by atoms with Gasteiger partial charge in [0, 0.05) is 36.1 Å². The Hall–Kier alpha value is -2.01. The third-order valence-corrected chi connectivity index (χ3v) is 10.1. The number of aliphatic hydroxyl groups is 1. The minimum absolute atomic E-state index is 0.